The molecule has 0 atom stereocenters. The second-order valence-corrected chi connectivity index (χ2v) is 12.4. The highest BCUT2D eigenvalue weighted by Gasteiger charge is 2.20. The first-order valence-electron chi connectivity index (χ1n) is 16.6. The third-order valence-electron chi connectivity index (χ3n) is 9.62. The van der Waals surface area contributed by atoms with Crippen molar-refractivity contribution < 1.29 is 0 Å². The summed E-state index contributed by atoms with van der Waals surface area (Å²) in [5.74, 6) is 0. The fourth-order valence-corrected chi connectivity index (χ4v) is 7.37. The van der Waals surface area contributed by atoms with Crippen molar-refractivity contribution in [1.29, 1.82) is 15.8 Å². The average Bonchev–Trinajstić information content (AvgIpc) is 3.67. The van der Waals surface area contributed by atoms with Crippen LogP contribution in [0.1, 0.15) is 22.4 Å². The number of hydrogen-bond acceptors (Lipinski definition) is 3. The molecule has 2 aromatic heterocycles. The summed E-state index contributed by atoms with van der Waals surface area (Å²) < 4.78 is 4.40. The van der Waals surface area contributed by atoms with E-state index in [1.807, 2.05) is 43.3 Å². The van der Waals surface area contributed by atoms with Gasteiger partial charge in [0.15, 0.2) is 0 Å². The Morgan fingerprint density at radius 2 is 1.20 bits per heavy atom. The molecule has 0 saturated carbocycles. The minimum Gasteiger partial charge on any atom is -0.313 e. The monoisotopic (exact) mass is 651 g/mol. The van der Waals surface area contributed by atoms with E-state index in [1.165, 1.54) is 6.08 Å². The lowest BCUT2D eigenvalue weighted by Crippen LogP contribution is -1.99. The normalized spacial score (nSPS) is 11.4. The van der Waals surface area contributed by atoms with Gasteiger partial charge in [-0.05, 0) is 84.3 Å². The molecular formula is C46H29N5. The Morgan fingerprint density at radius 1 is 0.608 bits per heavy atom. The SMILES string of the molecule is C=C/C(C#N)=C\c1c(C)n(-c2cccc(-c3cccc(-c4c(C#N)cccc4-n4c5ccccc5c5ccccc54)c3)c2)c2cccc(C#N)c12. The number of allylic oxidation sites excluding steroid dienone is 2. The van der Waals surface area contributed by atoms with Crippen molar-refractivity contribution in [2.75, 3.05) is 0 Å². The van der Waals surface area contributed by atoms with E-state index >= 15 is 0 Å². The van der Waals surface area contributed by atoms with Crippen LogP contribution in [0.2, 0.25) is 0 Å². The molecule has 0 aliphatic carbocycles. The van der Waals surface area contributed by atoms with Crippen molar-refractivity contribution in [3.05, 3.63) is 174 Å². The van der Waals surface area contributed by atoms with Gasteiger partial charge in [-0.3, -0.25) is 0 Å². The van der Waals surface area contributed by atoms with Gasteiger partial charge in [-0.15, -0.1) is 0 Å². The zero-order valence-corrected chi connectivity index (χ0v) is 27.8. The summed E-state index contributed by atoms with van der Waals surface area (Å²) in [6, 6.07) is 52.1. The van der Waals surface area contributed by atoms with E-state index in [-0.39, 0.29) is 0 Å². The molecule has 6 aromatic carbocycles. The molecule has 0 unspecified atom stereocenters. The van der Waals surface area contributed by atoms with Gasteiger partial charge in [-0.1, -0.05) is 91.5 Å². The van der Waals surface area contributed by atoms with Crippen LogP contribution in [0.25, 0.3) is 72.4 Å². The quantitative estimate of drug-likeness (QED) is 0.132. The van der Waals surface area contributed by atoms with Crippen molar-refractivity contribution in [2.45, 2.75) is 6.92 Å². The minimum atomic E-state index is 0.424. The predicted octanol–water partition coefficient (Wildman–Crippen LogP) is 11.2. The molecule has 0 aliphatic rings. The van der Waals surface area contributed by atoms with Gasteiger partial charge in [0.05, 0.1) is 57.1 Å². The first kappa shape index (κ1) is 30.9. The highest BCUT2D eigenvalue weighted by Crippen LogP contribution is 2.39. The lowest BCUT2D eigenvalue weighted by atomic mass is 9.94. The van der Waals surface area contributed by atoms with Gasteiger partial charge in [0.25, 0.3) is 0 Å². The number of nitrogens with zero attached hydrogens (tertiary/aromatic N) is 5. The average molecular weight is 652 g/mol. The molecule has 5 nitrogen and oxygen atoms in total. The highest BCUT2D eigenvalue weighted by molar-refractivity contribution is 6.10. The number of nitriles is 3. The molecule has 5 heteroatoms. The van der Waals surface area contributed by atoms with Gasteiger partial charge >= 0.3 is 0 Å². The first-order valence-corrected chi connectivity index (χ1v) is 16.6. The zero-order chi connectivity index (χ0) is 35.1. The van der Waals surface area contributed by atoms with Crippen LogP contribution in [0.15, 0.2) is 152 Å². The summed E-state index contributed by atoms with van der Waals surface area (Å²) >= 11 is 0. The topological polar surface area (TPSA) is 81.2 Å². The van der Waals surface area contributed by atoms with Crippen LogP contribution in [-0.4, -0.2) is 9.13 Å². The van der Waals surface area contributed by atoms with E-state index in [4.69, 9.17) is 0 Å². The smallest absolute Gasteiger partial charge is 0.0998 e. The van der Waals surface area contributed by atoms with Crippen LogP contribution < -0.4 is 0 Å². The summed E-state index contributed by atoms with van der Waals surface area (Å²) in [7, 11) is 0. The molecule has 0 N–H and O–H groups in total. The number of hydrogen-bond donors (Lipinski definition) is 0. The van der Waals surface area contributed by atoms with Gasteiger partial charge in [0.1, 0.15) is 0 Å². The van der Waals surface area contributed by atoms with Crippen LogP contribution in [0.3, 0.4) is 0 Å². The molecule has 0 aliphatic heterocycles. The molecule has 2 heterocycles. The van der Waals surface area contributed by atoms with Crippen LogP contribution in [0.4, 0.5) is 0 Å². The second-order valence-electron chi connectivity index (χ2n) is 12.4. The van der Waals surface area contributed by atoms with Crippen molar-refractivity contribution in [3.63, 3.8) is 0 Å². The van der Waals surface area contributed by atoms with Crippen LogP contribution in [0.5, 0.6) is 0 Å². The molecule has 0 spiro atoms. The highest BCUT2D eigenvalue weighted by atomic mass is 15.0. The molecule has 8 aromatic rings. The molecule has 0 fully saturated rings. The van der Waals surface area contributed by atoms with Gasteiger partial charge in [0, 0.05) is 38.7 Å². The van der Waals surface area contributed by atoms with Gasteiger partial charge < -0.3 is 9.13 Å². The van der Waals surface area contributed by atoms with Crippen LogP contribution in [0, 0.1) is 40.9 Å². The fraction of sp³-hybridized carbons (Fsp3) is 0.0217. The molecular weight excluding hydrogens is 623 g/mol. The van der Waals surface area contributed by atoms with Crippen molar-refractivity contribution in [2.24, 2.45) is 0 Å². The van der Waals surface area contributed by atoms with E-state index in [9.17, 15) is 15.8 Å². The van der Waals surface area contributed by atoms with Crippen LogP contribution >= 0.6 is 0 Å². The van der Waals surface area contributed by atoms with Gasteiger partial charge in [-0.25, -0.2) is 0 Å². The molecule has 0 bridgehead atoms. The fourth-order valence-electron chi connectivity index (χ4n) is 7.37. The Hall–Kier alpha value is -7.39. The van der Waals surface area contributed by atoms with Gasteiger partial charge in [0.2, 0.25) is 0 Å². The summed E-state index contributed by atoms with van der Waals surface area (Å²) in [5, 5.41) is 33.2. The Kier molecular flexibility index (Phi) is 7.62. The van der Waals surface area contributed by atoms with Gasteiger partial charge in [-0.2, -0.15) is 15.8 Å². The number of rotatable bonds is 6. The second kappa shape index (κ2) is 12.6. The molecule has 0 saturated heterocycles. The first-order chi connectivity index (χ1) is 25.1. The largest absolute Gasteiger partial charge is 0.313 e. The Labute approximate surface area is 295 Å². The standard InChI is InChI=1S/C46H29N5/c1-3-31(27-47)24-40-30(2)50(44-23-11-16-36(29-49)46(40)44)37-17-9-13-33(26-37)32-12-8-14-34(25-32)45-35(28-48)15-10-22-43(45)51-41-20-6-4-18-38(41)39-19-5-7-21-42(39)51/h3-26H,1H2,2H3/b31-24+. The molecule has 0 amide bonds. The number of benzene rings is 6. The van der Waals surface area contributed by atoms with Crippen molar-refractivity contribution in [1.82, 2.24) is 9.13 Å². The maximum atomic E-state index is 10.4. The molecule has 51 heavy (non-hydrogen) atoms. The van der Waals surface area contributed by atoms with E-state index in [0.29, 0.717) is 16.7 Å². The van der Waals surface area contributed by atoms with Crippen LogP contribution in [-0.2, 0) is 0 Å². The van der Waals surface area contributed by atoms with Crippen molar-refractivity contribution >= 4 is 38.8 Å². The van der Waals surface area contributed by atoms with E-state index in [0.717, 1.165) is 77.6 Å². The zero-order valence-electron chi connectivity index (χ0n) is 27.8. The Balaban J connectivity index is 1.31. The maximum Gasteiger partial charge on any atom is 0.0998 e. The third kappa shape index (κ3) is 4.99. The molecule has 238 valence electrons. The summed E-state index contributed by atoms with van der Waals surface area (Å²) in [5.41, 5.74) is 12.0. The Morgan fingerprint density at radius 3 is 1.88 bits per heavy atom. The molecule has 0 radical (unpaired) electrons. The van der Waals surface area contributed by atoms with E-state index in [2.05, 4.69) is 125 Å². The lowest BCUT2D eigenvalue weighted by molar-refractivity contribution is 1.05. The minimum absolute atomic E-state index is 0.424. The summed E-state index contributed by atoms with van der Waals surface area (Å²) in [4.78, 5) is 0. The number of fused-ring (bicyclic) bond motifs is 4. The Bertz CT molecular complexity index is 2820. The van der Waals surface area contributed by atoms with E-state index in [1.54, 1.807) is 12.1 Å². The molecule has 8 rings (SSSR count). The maximum absolute atomic E-state index is 10.4. The predicted molar refractivity (Wildman–Crippen MR) is 206 cm³/mol. The van der Waals surface area contributed by atoms with Crippen molar-refractivity contribution in [3.8, 4) is 51.8 Å². The van der Waals surface area contributed by atoms with E-state index < -0.39 is 0 Å². The summed E-state index contributed by atoms with van der Waals surface area (Å²) in [6.45, 7) is 5.80. The summed E-state index contributed by atoms with van der Waals surface area (Å²) in [6.07, 6.45) is 3.33. The lowest BCUT2D eigenvalue weighted by Gasteiger charge is -2.16. The number of para-hydroxylation sites is 2. The number of aromatic nitrogens is 2. The third-order valence-corrected chi connectivity index (χ3v) is 9.62.